The van der Waals surface area contributed by atoms with Crippen LogP contribution in [0.25, 0.3) is 0 Å². The molecule has 1 unspecified atom stereocenters. The van der Waals surface area contributed by atoms with Gasteiger partial charge in [0.1, 0.15) is 29.4 Å². The Morgan fingerprint density at radius 3 is 2.24 bits per heavy atom. The van der Waals surface area contributed by atoms with Crippen LogP contribution in [-0.2, 0) is 19.1 Å². The average molecular weight is 570 g/mol. The predicted molar refractivity (Wildman–Crippen MR) is 153 cm³/mol. The van der Waals surface area contributed by atoms with Gasteiger partial charge >= 0.3 is 5.97 Å². The Labute approximate surface area is 243 Å². The summed E-state index contributed by atoms with van der Waals surface area (Å²) in [5.41, 5.74) is -1.18. The number of amides is 3. The lowest BCUT2D eigenvalue weighted by Gasteiger charge is -2.38. The third-order valence-electron chi connectivity index (χ3n) is 8.71. The number of fused-ring (bicyclic) bond motifs is 1. The number of hydrogen-bond donors (Lipinski definition) is 2. The van der Waals surface area contributed by atoms with Crippen molar-refractivity contribution in [3.05, 3.63) is 24.3 Å². The molecule has 2 N–H and O–H groups in total. The van der Waals surface area contributed by atoms with Crippen LogP contribution in [0.15, 0.2) is 18.6 Å². The average Bonchev–Trinajstić information content (AvgIpc) is 3.50. The van der Waals surface area contributed by atoms with E-state index in [1.165, 1.54) is 18.6 Å². The van der Waals surface area contributed by atoms with Crippen LogP contribution in [0.3, 0.4) is 0 Å². The van der Waals surface area contributed by atoms with Crippen molar-refractivity contribution < 1.29 is 23.9 Å². The van der Waals surface area contributed by atoms with Gasteiger partial charge in [0.2, 0.25) is 11.8 Å². The minimum absolute atomic E-state index is 0.0549. The number of hydrogen-bond acceptors (Lipinski definition) is 7. The molecule has 0 bridgehead atoms. The molecule has 2 saturated carbocycles. The van der Waals surface area contributed by atoms with Gasteiger partial charge in [-0.05, 0) is 69.6 Å². The summed E-state index contributed by atoms with van der Waals surface area (Å²) in [6, 6.07) is -2.37. The SMILES string of the molecule is CC(C)(C)OC(=O)C1[C@H]2CCC[C@H]2CN1C(=O)[C@@H](NC(=O)[C@@H](NC(=O)c1cnccn1)C1CCCCC1)C(C)(C)C. The van der Waals surface area contributed by atoms with Gasteiger partial charge in [-0.25, -0.2) is 9.78 Å². The summed E-state index contributed by atoms with van der Waals surface area (Å²) in [7, 11) is 0. The van der Waals surface area contributed by atoms with E-state index in [0.717, 1.165) is 51.4 Å². The second-order valence-electron chi connectivity index (χ2n) is 14.1. The van der Waals surface area contributed by atoms with Gasteiger partial charge in [-0.1, -0.05) is 46.5 Å². The molecule has 10 heteroatoms. The summed E-state index contributed by atoms with van der Waals surface area (Å²) >= 11 is 0. The number of rotatable bonds is 7. The first-order chi connectivity index (χ1) is 19.3. The highest BCUT2D eigenvalue weighted by atomic mass is 16.6. The van der Waals surface area contributed by atoms with Crippen LogP contribution in [0.5, 0.6) is 0 Å². The van der Waals surface area contributed by atoms with Crippen LogP contribution >= 0.6 is 0 Å². The Balaban J connectivity index is 1.58. The molecule has 10 nitrogen and oxygen atoms in total. The Morgan fingerprint density at radius 2 is 1.63 bits per heavy atom. The molecule has 1 aromatic heterocycles. The topological polar surface area (TPSA) is 131 Å². The fourth-order valence-corrected chi connectivity index (χ4v) is 6.74. The third kappa shape index (κ3) is 7.43. The summed E-state index contributed by atoms with van der Waals surface area (Å²) in [5, 5.41) is 5.93. The molecule has 4 rings (SSSR count). The van der Waals surface area contributed by atoms with Crippen LogP contribution in [0.4, 0.5) is 0 Å². The lowest BCUT2D eigenvalue weighted by molar-refractivity contribution is -0.165. The number of nitrogens with zero attached hydrogens (tertiary/aromatic N) is 3. The molecule has 226 valence electrons. The largest absolute Gasteiger partial charge is 0.458 e. The Kier molecular flexibility index (Phi) is 9.39. The van der Waals surface area contributed by atoms with Crippen LogP contribution < -0.4 is 10.6 Å². The fraction of sp³-hybridized carbons (Fsp3) is 0.742. The Hall–Kier alpha value is -3.04. The molecule has 0 aromatic carbocycles. The van der Waals surface area contributed by atoms with Crippen molar-refractivity contribution in [2.75, 3.05) is 6.54 Å². The van der Waals surface area contributed by atoms with E-state index in [-0.39, 0.29) is 35.3 Å². The molecule has 3 amide bonds. The minimum atomic E-state index is -0.890. The molecule has 2 heterocycles. The van der Waals surface area contributed by atoms with E-state index in [0.29, 0.717) is 6.54 Å². The first-order valence-electron chi connectivity index (χ1n) is 15.2. The molecule has 3 aliphatic rings. The zero-order valence-corrected chi connectivity index (χ0v) is 25.4. The molecule has 5 atom stereocenters. The van der Waals surface area contributed by atoms with Crippen molar-refractivity contribution in [1.29, 1.82) is 0 Å². The van der Waals surface area contributed by atoms with Crippen molar-refractivity contribution >= 4 is 23.7 Å². The van der Waals surface area contributed by atoms with E-state index < -0.39 is 41.0 Å². The highest BCUT2D eigenvalue weighted by molar-refractivity contribution is 5.98. The van der Waals surface area contributed by atoms with Crippen LogP contribution in [-0.4, -0.2) is 68.8 Å². The standard InChI is InChI=1S/C31H47N5O5/c1-30(2,3)25(28(39)36-18-20-13-10-14-21(20)24(36)29(40)41-31(4,5)6)35-27(38)23(19-11-8-7-9-12-19)34-26(37)22-17-32-15-16-33-22/h15-17,19-21,23-25H,7-14,18H2,1-6H3,(H,34,37)(H,35,38)/t20-,21-,23-,24?,25+/m0/s1. The molecule has 1 aromatic rings. The number of carbonyl (C=O) groups is 4. The van der Waals surface area contributed by atoms with Gasteiger partial charge in [-0.3, -0.25) is 19.4 Å². The zero-order chi connectivity index (χ0) is 29.9. The normalized spacial score (nSPS) is 24.7. The number of aromatic nitrogens is 2. The summed E-state index contributed by atoms with van der Waals surface area (Å²) in [6.07, 6.45) is 11.8. The minimum Gasteiger partial charge on any atom is -0.458 e. The molecule has 0 spiro atoms. The van der Waals surface area contributed by atoms with E-state index in [1.807, 2.05) is 41.5 Å². The fourth-order valence-electron chi connectivity index (χ4n) is 6.74. The van der Waals surface area contributed by atoms with E-state index in [4.69, 9.17) is 4.74 Å². The quantitative estimate of drug-likeness (QED) is 0.479. The van der Waals surface area contributed by atoms with Gasteiger partial charge in [-0.15, -0.1) is 0 Å². The van der Waals surface area contributed by atoms with Gasteiger partial charge in [0.25, 0.3) is 5.91 Å². The smallest absolute Gasteiger partial charge is 0.329 e. The highest BCUT2D eigenvalue weighted by Crippen LogP contribution is 2.43. The summed E-state index contributed by atoms with van der Waals surface area (Å²) < 4.78 is 5.78. The van der Waals surface area contributed by atoms with E-state index in [1.54, 1.807) is 4.90 Å². The van der Waals surface area contributed by atoms with Gasteiger partial charge in [-0.2, -0.15) is 0 Å². The van der Waals surface area contributed by atoms with Gasteiger partial charge in [0.05, 0.1) is 6.20 Å². The Morgan fingerprint density at radius 1 is 0.927 bits per heavy atom. The van der Waals surface area contributed by atoms with Gasteiger partial charge in [0.15, 0.2) is 0 Å². The van der Waals surface area contributed by atoms with Crippen molar-refractivity contribution in [3.8, 4) is 0 Å². The van der Waals surface area contributed by atoms with Gasteiger partial charge in [0, 0.05) is 18.9 Å². The first kappa shape index (κ1) is 30.9. The number of esters is 1. The van der Waals surface area contributed by atoms with Crippen molar-refractivity contribution in [1.82, 2.24) is 25.5 Å². The molecule has 2 aliphatic carbocycles. The number of carbonyl (C=O) groups excluding carboxylic acids is 4. The molecule has 1 saturated heterocycles. The lowest BCUT2D eigenvalue weighted by atomic mass is 9.82. The first-order valence-corrected chi connectivity index (χ1v) is 15.2. The third-order valence-corrected chi connectivity index (χ3v) is 8.71. The maximum absolute atomic E-state index is 14.3. The summed E-state index contributed by atoms with van der Waals surface area (Å²) in [6.45, 7) is 11.7. The number of ether oxygens (including phenoxy) is 1. The van der Waals surface area contributed by atoms with Crippen LogP contribution in [0.1, 0.15) is 103 Å². The van der Waals surface area contributed by atoms with E-state index in [9.17, 15) is 19.2 Å². The number of likely N-dealkylation sites (tertiary alicyclic amines) is 1. The van der Waals surface area contributed by atoms with Crippen molar-refractivity contribution in [2.24, 2.45) is 23.2 Å². The van der Waals surface area contributed by atoms with Gasteiger partial charge < -0.3 is 20.3 Å². The van der Waals surface area contributed by atoms with E-state index >= 15 is 0 Å². The maximum Gasteiger partial charge on any atom is 0.329 e. The summed E-state index contributed by atoms with van der Waals surface area (Å²) in [5.74, 6) is -1.27. The molecule has 0 radical (unpaired) electrons. The molecule has 1 aliphatic heterocycles. The lowest BCUT2D eigenvalue weighted by Crippen LogP contribution is -2.61. The van der Waals surface area contributed by atoms with Crippen molar-refractivity contribution in [3.63, 3.8) is 0 Å². The predicted octanol–water partition coefficient (Wildman–Crippen LogP) is 3.66. The number of nitrogens with one attached hydrogen (secondary N) is 2. The molecular weight excluding hydrogens is 522 g/mol. The second-order valence-corrected chi connectivity index (χ2v) is 14.1. The monoisotopic (exact) mass is 569 g/mol. The highest BCUT2D eigenvalue weighted by Gasteiger charge is 2.53. The maximum atomic E-state index is 14.3. The van der Waals surface area contributed by atoms with E-state index in [2.05, 4.69) is 20.6 Å². The molecular formula is C31H47N5O5. The Bertz CT molecular complexity index is 1110. The van der Waals surface area contributed by atoms with Crippen LogP contribution in [0.2, 0.25) is 0 Å². The van der Waals surface area contributed by atoms with Crippen LogP contribution in [0, 0.1) is 23.2 Å². The molecule has 3 fully saturated rings. The molecule has 41 heavy (non-hydrogen) atoms. The van der Waals surface area contributed by atoms with Crippen molar-refractivity contribution in [2.45, 2.75) is 117 Å². The zero-order valence-electron chi connectivity index (χ0n) is 25.4. The second kappa shape index (κ2) is 12.4. The summed E-state index contributed by atoms with van der Waals surface area (Å²) in [4.78, 5) is 64.4.